The van der Waals surface area contributed by atoms with Crippen molar-refractivity contribution in [3.05, 3.63) is 0 Å². The number of rotatable bonds is 5. The van der Waals surface area contributed by atoms with Gasteiger partial charge in [-0.05, 0) is 19.9 Å². The fourth-order valence-electron chi connectivity index (χ4n) is 1.78. The zero-order valence-corrected chi connectivity index (χ0v) is 9.16. The minimum absolute atomic E-state index is 0.175. The monoisotopic (exact) mass is 237 g/mol. The topological polar surface area (TPSA) is 67.6 Å². The second-order valence-electron chi connectivity index (χ2n) is 3.94. The minimum Gasteiger partial charge on any atom is -0.364 e. The molecule has 0 aromatic heterocycles. The van der Waals surface area contributed by atoms with E-state index in [0.717, 1.165) is 0 Å². The van der Waals surface area contributed by atoms with Crippen LogP contribution in [0.15, 0.2) is 0 Å². The predicted octanol–water partition coefficient (Wildman–Crippen LogP) is -0.279. The van der Waals surface area contributed by atoms with E-state index in [1.807, 2.05) is 5.43 Å². The number of hydrogen-bond donors (Lipinski definition) is 2. The summed E-state index contributed by atoms with van der Waals surface area (Å²) in [6, 6.07) is 0. The van der Waals surface area contributed by atoms with E-state index in [0.29, 0.717) is 19.4 Å². The highest BCUT2D eigenvalue weighted by atomic mass is 19.3. The van der Waals surface area contributed by atoms with Crippen LogP contribution in [0.3, 0.4) is 0 Å². The number of hydrazine groups is 1. The first-order valence-corrected chi connectivity index (χ1v) is 5.15. The lowest BCUT2D eigenvalue weighted by Gasteiger charge is -2.20. The zero-order valence-electron chi connectivity index (χ0n) is 9.16. The van der Waals surface area contributed by atoms with Gasteiger partial charge in [-0.15, -0.1) is 0 Å². The van der Waals surface area contributed by atoms with Gasteiger partial charge >= 0.3 is 0 Å². The molecule has 0 aromatic carbocycles. The number of nitrogens with one attached hydrogen (secondary N) is 1. The number of nitrogens with two attached hydrogens (primary N) is 1. The van der Waals surface area contributed by atoms with Gasteiger partial charge in [0.25, 0.3) is 12.3 Å². The highest BCUT2D eigenvalue weighted by molar-refractivity contribution is 5.80. The van der Waals surface area contributed by atoms with Crippen LogP contribution >= 0.6 is 0 Å². The normalized spacial score (nSPS) is 25.4. The summed E-state index contributed by atoms with van der Waals surface area (Å²) < 4.78 is 29.5. The van der Waals surface area contributed by atoms with Gasteiger partial charge in [0.1, 0.15) is 6.10 Å². The molecule has 7 heteroatoms. The second-order valence-corrected chi connectivity index (χ2v) is 3.94. The summed E-state index contributed by atoms with van der Waals surface area (Å²) in [6.45, 7) is 0.117. The number of carbonyl (C=O) groups excluding carboxylic acids is 1. The Hall–Kier alpha value is -0.790. The highest BCUT2D eigenvalue weighted by Crippen LogP contribution is 2.20. The summed E-state index contributed by atoms with van der Waals surface area (Å²) in [5.74, 6) is 4.61. The molecule has 0 spiro atoms. The molecule has 0 radical (unpaired) electrons. The Bertz CT molecular complexity index is 241. The Morgan fingerprint density at radius 2 is 2.31 bits per heavy atom. The standard InChI is InChI=1S/C9H17F2N3O2/c1-14(5-8(10)11)4-6-2-3-7(16-6)9(15)13-12/h6-8H,2-5,12H2,1H3,(H,13,15). The molecule has 1 heterocycles. The van der Waals surface area contributed by atoms with E-state index >= 15 is 0 Å². The molecular weight excluding hydrogens is 220 g/mol. The molecule has 0 saturated carbocycles. The van der Waals surface area contributed by atoms with Crippen molar-refractivity contribution in [1.82, 2.24) is 10.3 Å². The van der Waals surface area contributed by atoms with Crippen molar-refractivity contribution < 1.29 is 18.3 Å². The molecule has 1 amide bonds. The SMILES string of the molecule is CN(CC(F)F)CC1CCC(C(=O)NN)O1. The molecule has 0 aromatic rings. The van der Waals surface area contributed by atoms with Gasteiger partial charge in [0.05, 0.1) is 12.6 Å². The van der Waals surface area contributed by atoms with Crippen LogP contribution in [0.2, 0.25) is 0 Å². The van der Waals surface area contributed by atoms with Gasteiger partial charge in [0.15, 0.2) is 0 Å². The Balaban J connectivity index is 2.28. The van der Waals surface area contributed by atoms with Crippen molar-refractivity contribution in [1.29, 1.82) is 0 Å². The van der Waals surface area contributed by atoms with Crippen molar-refractivity contribution in [3.63, 3.8) is 0 Å². The average molecular weight is 237 g/mol. The van der Waals surface area contributed by atoms with E-state index < -0.39 is 12.5 Å². The van der Waals surface area contributed by atoms with Gasteiger partial charge in [-0.3, -0.25) is 15.1 Å². The Morgan fingerprint density at radius 1 is 1.62 bits per heavy atom. The van der Waals surface area contributed by atoms with E-state index in [1.54, 1.807) is 7.05 Å². The Kier molecular flexibility index (Phi) is 5.04. The fourth-order valence-corrected chi connectivity index (χ4v) is 1.78. The van der Waals surface area contributed by atoms with Crippen LogP contribution in [0.5, 0.6) is 0 Å². The molecule has 1 aliphatic heterocycles. The van der Waals surface area contributed by atoms with Crippen LogP contribution in [-0.4, -0.2) is 49.6 Å². The summed E-state index contributed by atoms with van der Waals surface area (Å²) in [6.07, 6.45) is -1.81. The summed E-state index contributed by atoms with van der Waals surface area (Å²) in [5.41, 5.74) is 2.02. The lowest BCUT2D eigenvalue weighted by Crippen LogP contribution is -2.40. The minimum atomic E-state index is -2.35. The number of amides is 1. The quantitative estimate of drug-likeness (QED) is 0.392. The molecule has 16 heavy (non-hydrogen) atoms. The van der Waals surface area contributed by atoms with E-state index in [2.05, 4.69) is 0 Å². The molecule has 0 bridgehead atoms. The first-order chi connectivity index (χ1) is 7.52. The molecule has 3 N–H and O–H groups in total. The third-order valence-electron chi connectivity index (χ3n) is 2.51. The molecule has 1 saturated heterocycles. The molecule has 0 aliphatic carbocycles. The van der Waals surface area contributed by atoms with Crippen LogP contribution in [0, 0.1) is 0 Å². The van der Waals surface area contributed by atoms with E-state index in [4.69, 9.17) is 10.6 Å². The number of hydrogen-bond acceptors (Lipinski definition) is 4. The lowest BCUT2D eigenvalue weighted by atomic mass is 10.2. The maximum Gasteiger partial charge on any atom is 0.263 e. The molecule has 1 rings (SSSR count). The van der Waals surface area contributed by atoms with Gasteiger partial charge < -0.3 is 4.74 Å². The molecule has 5 nitrogen and oxygen atoms in total. The summed E-state index contributed by atoms with van der Waals surface area (Å²) >= 11 is 0. The third-order valence-corrected chi connectivity index (χ3v) is 2.51. The number of nitrogens with zero attached hydrogens (tertiary/aromatic N) is 1. The first kappa shape index (κ1) is 13.3. The van der Waals surface area contributed by atoms with Crippen LogP contribution in [-0.2, 0) is 9.53 Å². The molecule has 1 aliphatic rings. The summed E-state index contributed by atoms with van der Waals surface area (Å²) in [5, 5.41) is 0. The maximum absolute atomic E-state index is 12.1. The maximum atomic E-state index is 12.1. The number of likely N-dealkylation sites (N-methyl/N-ethyl adjacent to an activating group) is 1. The highest BCUT2D eigenvalue weighted by Gasteiger charge is 2.30. The summed E-state index contributed by atoms with van der Waals surface area (Å²) in [4.78, 5) is 12.6. The molecule has 1 fully saturated rings. The fraction of sp³-hybridized carbons (Fsp3) is 0.889. The van der Waals surface area contributed by atoms with E-state index in [1.165, 1.54) is 4.90 Å². The summed E-state index contributed by atoms with van der Waals surface area (Å²) in [7, 11) is 1.60. The van der Waals surface area contributed by atoms with Gasteiger partial charge in [-0.25, -0.2) is 14.6 Å². The van der Waals surface area contributed by atoms with E-state index in [9.17, 15) is 13.6 Å². The van der Waals surface area contributed by atoms with Gasteiger partial charge in [-0.2, -0.15) is 0 Å². The van der Waals surface area contributed by atoms with Crippen LogP contribution in [0.25, 0.3) is 0 Å². The molecule has 2 unspecified atom stereocenters. The number of ether oxygens (including phenoxy) is 1. The largest absolute Gasteiger partial charge is 0.364 e. The molecular formula is C9H17F2N3O2. The number of alkyl halides is 2. The van der Waals surface area contributed by atoms with Crippen molar-refractivity contribution in [2.24, 2.45) is 5.84 Å². The third kappa shape index (κ3) is 3.99. The molecule has 2 atom stereocenters. The lowest BCUT2D eigenvalue weighted by molar-refractivity contribution is -0.132. The van der Waals surface area contributed by atoms with Crippen molar-refractivity contribution in [2.45, 2.75) is 31.5 Å². The Morgan fingerprint density at radius 3 is 2.88 bits per heavy atom. The average Bonchev–Trinajstić information content (AvgIpc) is 2.63. The van der Waals surface area contributed by atoms with Crippen LogP contribution < -0.4 is 11.3 Å². The van der Waals surface area contributed by atoms with Crippen LogP contribution in [0.1, 0.15) is 12.8 Å². The predicted molar refractivity (Wildman–Crippen MR) is 53.7 cm³/mol. The smallest absolute Gasteiger partial charge is 0.263 e. The van der Waals surface area contributed by atoms with Gasteiger partial charge in [0.2, 0.25) is 0 Å². The first-order valence-electron chi connectivity index (χ1n) is 5.15. The van der Waals surface area contributed by atoms with Gasteiger partial charge in [0, 0.05) is 6.54 Å². The van der Waals surface area contributed by atoms with E-state index in [-0.39, 0.29) is 18.6 Å². The van der Waals surface area contributed by atoms with Crippen molar-refractivity contribution in [2.75, 3.05) is 20.1 Å². The van der Waals surface area contributed by atoms with Crippen LogP contribution in [0.4, 0.5) is 8.78 Å². The molecule has 94 valence electrons. The zero-order chi connectivity index (χ0) is 12.1. The Labute approximate surface area is 92.9 Å². The number of carbonyl (C=O) groups is 1. The van der Waals surface area contributed by atoms with Crippen molar-refractivity contribution >= 4 is 5.91 Å². The van der Waals surface area contributed by atoms with Gasteiger partial charge in [-0.1, -0.05) is 0 Å². The second kappa shape index (κ2) is 6.07. The van der Waals surface area contributed by atoms with Crippen molar-refractivity contribution in [3.8, 4) is 0 Å². The number of halogens is 2.